The van der Waals surface area contributed by atoms with Gasteiger partial charge in [0.2, 0.25) is 0 Å². The average Bonchev–Trinajstić information content (AvgIpc) is 3.20. The molecule has 1 fully saturated rings. The van der Waals surface area contributed by atoms with E-state index in [-0.39, 0.29) is 12.4 Å². The third-order valence-corrected chi connectivity index (χ3v) is 5.58. The largest absolute Gasteiger partial charge is 0.496 e. The Morgan fingerprint density at radius 2 is 1.74 bits per heavy atom. The molecule has 1 N–H and O–H groups in total. The van der Waals surface area contributed by atoms with Crippen molar-refractivity contribution < 1.29 is 9.47 Å². The number of para-hydroxylation sites is 1. The maximum atomic E-state index is 5.62. The first-order valence-electron chi connectivity index (χ1n) is 9.13. The Morgan fingerprint density at radius 3 is 2.41 bits per heavy atom. The predicted octanol–water partition coefficient (Wildman–Crippen LogP) is 4.81. The number of hydrogen-bond donors (Lipinski definition) is 1. The van der Waals surface area contributed by atoms with Gasteiger partial charge in [0.05, 0.1) is 24.7 Å². The van der Waals surface area contributed by atoms with Crippen LogP contribution in [0.5, 0.6) is 11.5 Å². The molecule has 0 saturated carbocycles. The summed E-state index contributed by atoms with van der Waals surface area (Å²) >= 11 is 3.56. The van der Waals surface area contributed by atoms with Crippen molar-refractivity contribution in [1.29, 1.82) is 0 Å². The van der Waals surface area contributed by atoms with Crippen LogP contribution in [0.4, 0.5) is 0 Å². The number of halogens is 2. The number of benzene rings is 2. The highest BCUT2D eigenvalue weighted by Crippen LogP contribution is 2.31. The van der Waals surface area contributed by atoms with Crippen molar-refractivity contribution in [1.82, 2.24) is 10.2 Å². The molecule has 0 bridgehead atoms. The van der Waals surface area contributed by atoms with Crippen LogP contribution in [0, 0.1) is 0 Å². The Hall–Kier alpha value is -1.27. The molecule has 2 aromatic rings. The number of ether oxygens (including phenoxy) is 2. The quantitative estimate of drug-likeness (QED) is 0.619. The number of nitrogens with zero attached hydrogens (tertiary/aromatic N) is 1. The van der Waals surface area contributed by atoms with E-state index >= 15 is 0 Å². The van der Waals surface area contributed by atoms with Crippen molar-refractivity contribution in [3.8, 4) is 11.5 Å². The summed E-state index contributed by atoms with van der Waals surface area (Å²) in [6, 6.07) is 14.9. The number of methoxy groups -OCH3 is 2. The van der Waals surface area contributed by atoms with E-state index in [1.54, 1.807) is 14.2 Å². The van der Waals surface area contributed by atoms with Gasteiger partial charge in [0.1, 0.15) is 11.5 Å². The van der Waals surface area contributed by atoms with Crippen LogP contribution < -0.4 is 14.8 Å². The van der Waals surface area contributed by atoms with E-state index in [0.717, 1.165) is 42.2 Å². The fraction of sp³-hybridized carbons (Fsp3) is 0.429. The molecule has 3 rings (SSSR count). The first-order valence-corrected chi connectivity index (χ1v) is 9.92. The highest BCUT2D eigenvalue weighted by molar-refractivity contribution is 9.10. The van der Waals surface area contributed by atoms with E-state index in [9.17, 15) is 0 Å². The number of rotatable bonds is 8. The third kappa shape index (κ3) is 5.61. The van der Waals surface area contributed by atoms with Crippen LogP contribution in [0.25, 0.3) is 0 Å². The van der Waals surface area contributed by atoms with Gasteiger partial charge in [-0.05, 0) is 65.6 Å². The predicted molar refractivity (Wildman–Crippen MR) is 116 cm³/mol. The van der Waals surface area contributed by atoms with Gasteiger partial charge in [0.25, 0.3) is 0 Å². The summed E-state index contributed by atoms with van der Waals surface area (Å²) in [4.78, 5) is 2.56. The summed E-state index contributed by atoms with van der Waals surface area (Å²) in [6.07, 6.45) is 2.55. The Labute approximate surface area is 176 Å². The highest BCUT2D eigenvalue weighted by Gasteiger charge is 2.25. The molecule has 1 saturated heterocycles. The van der Waals surface area contributed by atoms with E-state index in [0.29, 0.717) is 6.04 Å². The van der Waals surface area contributed by atoms with Crippen molar-refractivity contribution >= 4 is 28.3 Å². The molecule has 0 aliphatic carbocycles. The molecule has 2 aromatic carbocycles. The summed E-state index contributed by atoms with van der Waals surface area (Å²) in [5.41, 5.74) is 2.50. The second kappa shape index (κ2) is 10.9. The maximum absolute atomic E-state index is 5.62. The number of hydrogen-bond acceptors (Lipinski definition) is 4. The Morgan fingerprint density at radius 1 is 1.04 bits per heavy atom. The highest BCUT2D eigenvalue weighted by atomic mass is 79.9. The van der Waals surface area contributed by atoms with Crippen molar-refractivity contribution in [2.45, 2.75) is 25.4 Å². The second-order valence-electron chi connectivity index (χ2n) is 6.60. The molecular weight excluding hydrogens is 428 g/mol. The maximum Gasteiger partial charge on any atom is 0.133 e. The minimum atomic E-state index is 0. The van der Waals surface area contributed by atoms with Crippen molar-refractivity contribution in [3.63, 3.8) is 0 Å². The molecular formula is C21H28BrClN2O2. The summed E-state index contributed by atoms with van der Waals surface area (Å²) < 4.78 is 11.9. The average molecular weight is 456 g/mol. The fourth-order valence-electron chi connectivity index (χ4n) is 3.60. The molecule has 0 amide bonds. The molecule has 0 radical (unpaired) electrons. The van der Waals surface area contributed by atoms with E-state index in [1.165, 1.54) is 24.0 Å². The van der Waals surface area contributed by atoms with E-state index in [4.69, 9.17) is 9.47 Å². The van der Waals surface area contributed by atoms with Crippen LogP contribution in [0.3, 0.4) is 0 Å². The molecule has 1 unspecified atom stereocenters. The monoisotopic (exact) mass is 454 g/mol. The van der Waals surface area contributed by atoms with Gasteiger partial charge >= 0.3 is 0 Å². The Kier molecular flexibility index (Phi) is 8.90. The second-order valence-corrected chi connectivity index (χ2v) is 7.45. The lowest BCUT2D eigenvalue weighted by atomic mass is 10.0. The minimum absolute atomic E-state index is 0. The molecule has 27 heavy (non-hydrogen) atoms. The smallest absolute Gasteiger partial charge is 0.133 e. The molecule has 1 aliphatic heterocycles. The van der Waals surface area contributed by atoms with Gasteiger partial charge < -0.3 is 14.8 Å². The van der Waals surface area contributed by atoms with E-state index in [2.05, 4.69) is 56.5 Å². The summed E-state index contributed by atoms with van der Waals surface area (Å²) in [5, 5.41) is 3.63. The lowest BCUT2D eigenvalue weighted by molar-refractivity contribution is 0.232. The van der Waals surface area contributed by atoms with Gasteiger partial charge in [-0.15, -0.1) is 12.4 Å². The van der Waals surface area contributed by atoms with Gasteiger partial charge in [-0.2, -0.15) is 0 Å². The standard InChI is InChI=1S/C21H27BrN2O2.ClH/c1-25-20-8-4-3-7-17(20)19(24-11-5-6-12-24)15-23-14-16-9-10-21(26-2)18(22)13-16;/h3-4,7-10,13,19,23H,5-6,11-12,14-15H2,1-2H3;1H. The summed E-state index contributed by atoms with van der Waals surface area (Å²) in [5.74, 6) is 1.83. The van der Waals surface area contributed by atoms with Gasteiger partial charge in [0, 0.05) is 18.7 Å². The zero-order valence-electron chi connectivity index (χ0n) is 15.9. The van der Waals surface area contributed by atoms with Crippen LogP contribution in [-0.2, 0) is 6.54 Å². The first kappa shape index (κ1) is 22.0. The Bertz CT molecular complexity index is 723. The topological polar surface area (TPSA) is 33.7 Å². The zero-order valence-corrected chi connectivity index (χ0v) is 18.3. The van der Waals surface area contributed by atoms with Crippen LogP contribution >= 0.6 is 28.3 Å². The molecule has 0 spiro atoms. The van der Waals surface area contributed by atoms with E-state index < -0.39 is 0 Å². The molecule has 1 atom stereocenters. The third-order valence-electron chi connectivity index (χ3n) is 4.96. The zero-order chi connectivity index (χ0) is 18.4. The first-order chi connectivity index (χ1) is 12.7. The molecule has 1 heterocycles. The summed E-state index contributed by atoms with van der Waals surface area (Å²) in [7, 11) is 3.44. The lowest BCUT2D eigenvalue weighted by Gasteiger charge is -2.29. The normalized spacial score (nSPS) is 15.2. The van der Waals surface area contributed by atoms with Gasteiger partial charge in [0.15, 0.2) is 0 Å². The number of nitrogens with one attached hydrogen (secondary N) is 1. The van der Waals surface area contributed by atoms with Crippen molar-refractivity contribution in [2.75, 3.05) is 33.9 Å². The van der Waals surface area contributed by atoms with Crippen LogP contribution in [0.15, 0.2) is 46.9 Å². The minimum Gasteiger partial charge on any atom is -0.496 e. The van der Waals surface area contributed by atoms with Crippen molar-refractivity contribution in [3.05, 3.63) is 58.1 Å². The van der Waals surface area contributed by atoms with E-state index in [1.807, 2.05) is 12.1 Å². The molecule has 4 nitrogen and oxygen atoms in total. The van der Waals surface area contributed by atoms with Gasteiger partial charge in [-0.3, -0.25) is 4.90 Å². The number of likely N-dealkylation sites (tertiary alicyclic amines) is 1. The van der Waals surface area contributed by atoms with Crippen LogP contribution in [0.2, 0.25) is 0 Å². The molecule has 6 heteroatoms. The fourth-order valence-corrected chi connectivity index (χ4v) is 4.19. The molecule has 0 aromatic heterocycles. The van der Waals surface area contributed by atoms with Crippen molar-refractivity contribution in [2.24, 2.45) is 0 Å². The summed E-state index contributed by atoms with van der Waals surface area (Å²) in [6.45, 7) is 4.02. The Balaban J connectivity index is 0.00000261. The van der Waals surface area contributed by atoms with Crippen LogP contribution in [0.1, 0.15) is 30.0 Å². The van der Waals surface area contributed by atoms with Gasteiger partial charge in [-0.1, -0.05) is 24.3 Å². The SMILES string of the molecule is COc1ccc(CNCC(c2ccccc2OC)N2CCCC2)cc1Br.Cl. The van der Waals surface area contributed by atoms with Gasteiger partial charge in [-0.25, -0.2) is 0 Å². The molecule has 148 valence electrons. The molecule has 1 aliphatic rings. The lowest BCUT2D eigenvalue weighted by Crippen LogP contribution is -2.34. The van der Waals surface area contributed by atoms with Crippen LogP contribution in [-0.4, -0.2) is 38.8 Å².